The van der Waals surface area contributed by atoms with E-state index in [9.17, 15) is 0 Å². The highest BCUT2D eigenvalue weighted by atomic mass is 16.7. The molecule has 0 saturated carbocycles. The predicted molar refractivity (Wildman–Crippen MR) is 297 cm³/mol. The molecule has 10 rings (SSSR count). The van der Waals surface area contributed by atoms with E-state index in [0.717, 1.165) is 34.6 Å². The summed E-state index contributed by atoms with van der Waals surface area (Å²) in [6.07, 6.45) is 12.8. The molecular formula is C66H67NO2. The number of aryl methyl sites for hydroxylation is 5. The van der Waals surface area contributed by atoms with Crippen molar-refractivity contribution >= 4 is 43.2 Å². The molecule has 1 aliphatic heterocycles. The van der Waals surface area contributed by atoms with Crippen molar-refractivity contribution in [2.45, 2.75) is 89.5 Å². The second-order valence-electron chi connectivity index (χ2n) is 19.3. The van der Waals surface area contributed by atoms with E-state index in [1.165, 1.54) is 71.0 Å². The Morgan fingerprint density at radius 1 is 0.507 bits per heavy atom. The topological polar surface area (TPSA) is 34.2 Å². The molecule has 0 bridgehead atoms. The van der Waals surface area contributed by atoms with Crippen LogP contribution in [0.15, 0.2) is 146 Å². The monoisotopic (exact) mass is 906 g/mol. The standard InChI is InChI=1S/C19H24.C17H12.C9H9N.C9H8.C8H8O2.C4H6/c1-15-12-16(8-10-18(2,3)4)14-17(13-15)9-11-19(5,6)7;1-11-5-6-14-8-7-12-3-2-4-13-9-10-15(11)17(14)16(12)13;1-7-6-10-9-5-3-2-4-8(7)9;1-3-9-6-4-5-8(2)7-9;1-6-2-3-7-8(4-6)10-5-9-7;1-3-4-2/h12-14H,1-7H3;2-10H,1H3;2-6,10H,1H3;1,4-7H,2H3;2-4H,5H2,1H3;1H,4H2,2H3. The normalized spacial score (nSPS) is 10.9. The maximum Gasteiger partial charge on any atom is 0.231 e. The van der Waals surface area contributed by atoms with E-state index in [0.29, 0.717) is 6.79 Å². The van der Waals surface area contributed by atoms with E-state index in [2.05, 4.69) is 194 Å². The predicted octanol–water partition coefficient (Wildman–Crippen LogP) is 16.9. The Kier molecular flexibility index (Phi) is 18.3. The molecule has 8 aromatic carbocycles. The van der Waals surface area contributed by atoms with Crippen molar-refractivity contribution in [3.8, 4) is 59.9 Å². The lowest BCUT2D eigenvalue weighted by atomic mass is 9.92. The first kappa shape index (κ1) is 52.2. The molecule has 0 saturated heterocycles. The van der Waals surface area contributed by atoms with Gasteiger partial charge >= 0.3 is 0 Å². The fraction of sp³-hybridized carbons (Fsp3) is 0.242. The molecule has 69 heavy (non-hydrogen) atoms. The Morgan fingerprint density at radius 3 is 1.64 bits per heavy atom. The van der Waals surface area contributed by atoms with Crippen LogP contribution in [0.25, 0.3) is 43.2 Å². The third-order valence-corrected chi connectivity index (χ3v) is 10.7. The summed E-state index contributed by atoms with van der Waals surface area (Å²) in [4.78, 5) is 3.19. The summed E-state index contributed by atoms with van der Waals surface area (Å²) in [5, 5.41) is 9.55. The van der Waals surface area contributed by atoms with Gasteiger partial charge in [-0.25, -0.2) is 0 Å². The molecule has 9 aromatic rings. The summed E-state index contributed by atoms with van der Waals surface area (Å²) >= 11 is 0. The highest BCUT2D eigenvalue weighted by Crippen LogP contribution is 2.36. The van der Waals surface area contributed by atoms with Gasteiger partial charge in [0.2, 0.25) is 6.79 Å². The SMILES string of the molecule is C#CCC.C#Cc1cccc(C)c1.Cc1c[nH]c2ccccc12.Cc1cc(C#CC(C)(C)C)cc(C#CC(C)(C)C)c1.Cc1ccc2c(c1)OCO2.Cc1ccc2ccc3cccc4ccc1c2c34. The summed E-state index contributed by atoms with van der Waals surface area (Å²) in [6.45, 7) is 25.5. The van der Waals surface area contributed by atoms with Gasteiger partial charge in [-0.1, -0.05) is 128 Å². The summed E-state index contributed by atoms with van der Waals surface area (Å²) < 4.78 is 10.3. The Morgan fingerprint density at radius 2 is 1.06 bits per heavy atom. The lowest BCUT2D eigenvalue weighted by Gasteiger charge is -2.11. The molecule has 348 valence electrons. The molecule has 1 aliphatic rings. The van der Waals surface area contributed by atoms with Crippen LogP contribution in [0.3, 0.4) is 0 Å². The minimum Gasteiger partial charge on any atom is -0.454 e. The van der Waals surface area contributed by atoms with Crippen LogP contribution in [0.1, 0.15) is 99.4 Å². The lowest BCUT2D eigenvalue weighted by molar-refractivity contribution is 0.174. The third kappa shape index (κ3) is 15.9. The molecular weight excluding hydrogens is 839 g/mol. The Balaban J connectivity index is 0.000000162. The molecule has 0 fully saturated rings. The molecule has 0 spiro atoms. The van der Waals surface area contributed by atoms with Crippen molar-refractivity contribution in [2.24, 2.45) is 10.8 Å². The van der Waals surface area contributed by atoms with Gasteiger partial charge in [0.15, 0.2) is 11.5 Å². The van der Waals surface area contributed by atoms with E-state index in [1.54, 1.807) is 0 Å². The van der Waals surface area contributed by atoms with Crippen molar-refractivity contribution in [1.82, 2.24) is 4.98 Å². The van der Waals surface area contributed by atoms with Crippen LogP contribution in [0.2, 0.25) is 0 Å². The molecule has 1 N–H and O–H groups in total. The molecule has 0 aliphatic carbocycles. The largest absolute Gasteiger partial charge is 0.454 e. The van der Waals surface area contributed by atoms with Crippen LogP contribution in [0.4, 0.5) is 0 Å². The minimum atomic E-state index is 0.0288. The smallest absolute Gasteiger partial charge is 0.231 e. The number of rotatable bonds is 0. The number of benzene rings is 8. The maximum atomic E-state index is 5.17. The zero-order valence-corrected chi connectivity index (χ0v) is 42.7. The highest BCUT2D eigenvalue weighted by molar-refractivity contribution is 6.23. The molecule has 0 amide bonds. The average Bonchev–Trinajstić information content (AvgIpc) is 3.96. The summed E-state index contributed by atoms with van der Waals surface area (Å²) in [5.74, 6) is 19.7. The van der Waals surface area contributed by atoms with E-state index < -0.39 is 0 Å². The number of aromatic amines is 1. The van der Waals surface area contributed by atoms with Gasteiger partial charge in [-0.2, -0.15) is 0 Å². The molecule has 3 heteroatoms. The molecule has 3 nitrogen and oxygen atoms in total. The summed E-state index contributed by atoms with van der Waals surface area (Å²) in [5.41, 5.74) is 10.6. The summed E-state index contributed by atoms with van der Waals surface area (Å²) in [6, 6.07) is 48.3. The second-order valence-corrected chi connectivity index (χ2v) is 19.3. The van der Waals surface area contributed by atoms with E-state index in [1.807, 2.05) is 75.5 Å². The fourth-order valence-electron chi connectivity index (χ4n) is 7.28. The van der Waals surface area contributed by atoms with Crippen LogP contribution < -0.4 is 9.47 Å². The zero-order valence-electron chi connectivity index (χ0n) is 42.7. The van der Waals surface area contributed by atoms with Gasteiger partial charge in [0.05, 0.1) is 0 Å². The minimum absolute atomic E-state index is 0.0288. The van der Waals surface area contributed by atoms with Crippen LogP contribution in [0, 0.1) is 93.8 Å². The number of H-pyrrole nitrogens is 1. The number of nitrogens with one attached hydrogen (secondary N) is 1. The Labute approximate surface area is 413 Å². The highest BCUT2D eigenvalue weighted by Gasteiger charge is 2.12. The first-order chi connectivity index (χ1) is 32.9. The molecule has 2 heterocycles. The Bertz CT molecular complexity index is 3280. The number of hydrogen-bond acceptors (Lipinski definition) is 2. The van der Waals surface area contributed by atoms with Crippen LogP contribution in [-0.2, 0) is 0 Å². The van der Waals surface area contributed by atoms with Crippen molar-refractivity contribution in [1.29, 1.82) is 0 Å². The van der Waals surface area contributed by atoms with E-state index >= 15 is 0 Å². The number of para-hydroxylation sites is 1. The lowest BCUT2D eigenvalue weighted by Crippen LogP contribution is -2.00. The van der Waals surface area contributed by atoms with Crippen LogP contribution in [-0.4, -0.2) is 11.8 Å². The van der Waals surface area contributed by atoms with Gasteiger partial charge in [0.1, 0.15) is 0 Å². The number of ether oxygens (including phenoxy) is 2. The zero-order chi connectivity index (χ0) is 50.1. The first-order valence-corrected chi connectivity index (χ1v) is 23.5. The number of terminal acetylenes is 2. The van der Waals surface area contributed by atoms with Gasteiger partial charge < -0.3 is 14.5 Å². The van der Waals surface area contributed by atoms with Gasteiger partial charge in [-0.15, -0.1) is 18.8 Å². The molecule has 0 radical (unpaired) electrons. The Hall–Kier alpha value is -7.82. The first-order valence-electron chi connectivity index (χ1n) is 23.5. The van der Waals surface area contributed by atoms with E-state index in [4.69, 9.17) is 22.3 Å². The van der Waals surface area contributed by atoms with Crippen LogP contribution >= 0.6 is 0 Å². The van der Waals surface area contributed by atoms with Crippen molar-refractivity contribution in [2.75, 3.05) is 6.79 Å². The summed E-state index contributed by atoms with van der Waals surface area (Å²) in [7, 11) is 0. The van der Waals surface area contributed by atoms with E-state index in [-0.39, 0.29) is 10.8 Å². The van der Waals surface area contributed by atoms with Gasteiger partial charge in [-0.05, 0) is 185 Å². The number of hydrogen-bond donors (Lipinski definition) is 1. The van der Waals surface area contributed by atoms with Gasteiger partial charge in [-0.3, -0.25) is 0 Å². The second kappa shape index (κ2) is 24.3. The number of aromatic nitrogens is 1. The molecule has 0 atom stereocenters. The average molecular weight is 906 g/mol. The van der Waals surface area contributed by atoms with Crippen LogP contribution in [0.5, 0.6) is 11.5 Å². The van der Waals surface area contributed by atoms with Crippen molar-refractivity contribution in [3.63, 3.8) is 0 Å². The number of fused-ring (bicyclic) bond motifs is 2. The van der Waals surface area contributed by atoms with Gasteiger partial charge in [0, 0.05) is 51.0 Å². The fourth-order valence-corrected chi connectivity index (χ4v) is 7.28. The third-order valence-electron chi connectivity index (χ3n) is 10.7. The van der Waals surface area contributed by atoms with Crippen molar-refractivity contribution < 1.29 is 9.47 Å². The maximum absolute atomic E-state index is 5.17. The molecule has 1 aromatic heterocycles. The molecule has 0 unspecified atom stereocenters. The van der Waals surface area contributed by atoms with Gasteiger partial charge in [0.25, 0.3) is 0 Å². The quantitative estimate of drug-likeness (QED) is 0.122. The van der Waals surface area contributed by atoms with Crippen molar-refractivity contribution in [3.05, 3.63) is 190 Å².